The average molecular weight is 465 g/mol. The van der Waals surface area contributed by atoms with Gasteiger partial charge in [0.2, 0.25) is 0 Å². The first kappa shape index (κ1) is 21.1. The van der Waals surface area contributed by atoms with Gasteiger partial charge in [0.25, 0.3) is 0 Å². The van der Waals surface area contributed by atoms with Crippen LogP contribution in [0.5, 0.6) is 5.75 Å². The lowest BCUT2D eigenvalue weighted by Crippen LogP contribution is -2.31. The van der Waals surface area contributed by atoms with Crippen molar-refractivity contribution in [3.8, 4) is 5.75 Å². The highest BCUT2D eigenvalue weighted by Crippen LogP contribution is 2.22. The fourth-order valence-corrected chi connectivity index (χ4v) is 2.02. The normalized spacial score (nSPS) is 11.6. The maximum Gasteiger partial charge on any atom is 0.573 e. The van der Waals surface area contributed by atoms with E-state index < -0.39 is 6.36 Å². The summed E-state index contributed by atoms with van der Waals surface area (Å²) in [5.41, 5.74) is 8.79. The molecule has 136 valence electrons. The Balaban J connectivity index is 0.00000312. The fourth-order valence-electron chi connectivity index (χ4n) is 2.02. The predicted octanol–water partition coefficient (Wildman–Crippen LogP) is 4.12. The lowest BCUT2D eigenvalue weighted by atomic mass is 10.1. The smallest absolute Gasteiger partial charge is 0.406 e. The van der Waals surface area contributed by atoms with E-state index in [0.717, 1.165) is 16.7 Å². The second-order valence-electron chi connectivity index (χ2n) is 5.17. The van der Waals surface area contributed by atoms with E-state index in [1.165, 1.54) is 24.3 Å². The Morgan fingerprint density at radius 1 is 1.12 bits per heavy atom. The molecule has 0 atom stereocenters. The van der Waals surface area contributed by atoms with Crippen molar-refractivity contribution in [3.05, 3.63) is 65.2 Å². The van der Waals surface area contributed by atoms with Crippen molar-refractivity contribution < 1.29 is 17.9 Å². The van der Waals surface area contributed by atoms with Gasteiger partial charge in [-0.1, -0.05) is 36.4 Å². The van der Waals surface area contributed by atoms with Crippen molar-refractivity contribution in [2.45, 2.75) is 26.4 Å². The summed E-state index contributed by atoms with van der Waals surface area (Å²) in [6.45, 7) is 2.83. The first-order valence-electron chi connectivity index (χ1n) is 7.26. The molecular formula is C17H19F3IN3O. The molecule has 2 aromatic carbocycles. The summed E-state index contributed by atoms with van der Waals surface area (Å²) in [7, 11) is 0. The molecule has 0 amide bonds. The molecule has 8 heteroatoms. The van der Waals surface area contributed by atoms with Gasteiger partial charge in [-0.05, 0) is 35.7 Å². The zero-order valence-corrected chi connectivity index (χ0v) is 15.8. The van der Waals surface area contributed by atoms with Gasteiger partial charge in [-0.25, -0.2) is 4.99 Å². The molecular weight excluding hydrogens is 446 g/mol. The van der Waals surface area contributed by atoms with Gasteiger partial charge in [0.1, 0.15) is 5.75 Å². The minimum atomic E-state index is -4.69. The lowest BCUT2D eigenvalue weighted by molar-refractivity contribution is -0.274. The van der Waals surface area contributed by atoms with E-state index in [1.54, 1.807) is 0 Å². The van der Waals surface area contributed by atoms with Crippen molar-refractivity contribution in [3.63, 3.8) is 0 Å². The Morgan fingerprint density at radius 2 is 1.76 bits per heavy atom. The maximum absolute atomic E-state index is 12.1. The Bertz CT molecular complexity index is 703. The van der Waals surface area contributed by atoms with Crippen LogP contribution in [0.2, 0.25) is 0 Å². The number of hydrogen-bond acceptors (Lipinski definition) is 2. The van der Waals surface area contributed by atoms with Crippen molar-refractivity contribution >= 4 is 29.9 Å². The molecule has 0 unspecified atom stereocenters. The van der Waals surface area contributed by atoms with E-state index in [2.05, 4.69) is 15.0 Å². The van der Waals surface area contributed by atoms with Gasteiger partial charge in [-0.15, -0.1) is 37.1 Å². The van der Waals surface area contributed by atoms with Gasteiger partial charge in [-0.2, -0.15) is 0 Å². The second-order valence-corrected chi connectivity index (χ2v) is 5.17. The van der Waals surface area contributed by atoms with Crippen LogP contribution in [0.1, 0.15) is 16.7 Å². The number of nitrogens with two attached hydrogens (primary N) is 1. The molecule has 0 radical (unpaired) electrons. The third-order valence-corrected chi connectivity index (χ3v) is 3.31. The fraction of sp³-hybridized carbons (Fsp3) is 0.235. The van der Waals surface area contributed by atoms with Crippen LogP contribution in [0.3, 0.4) is 0 Å². The molecule has 2 aromatic rings. The molecule has 3 N–H and O–H groups in total. The first-order valence-corrected chi connectivity index (χ1v) is 7.26. The summed E-state index contributed by atoms with van der Waals surface area (Å²) in [4.78, 5) is 4.16. The van der Waals surface area contributed by atoms with Gasteiger partial charge in [0, 0.05) is 6.54 Å². The third kappa shape index (κ3) is 7.63. The second kappa shape index (κ2) is 9.50. The minimum absolute atomic E-state index is 0. The monoisotopic (exact) mass is 465 g/mol. The minimum Gasteiger partial charge on any atom is -0.406 e. The average Bonchev–Trinajstić information content (AvgIpc) is 2.52. The molecule has 0 heterocycles. The summed E-state index contributed by atoms with van der Waals surface area (Å²) in [5.74, 6) is 0.00903. The highest BCUT2D eigenvalue weighted by Gasteiger charge is 2.30. The molecule has 0 saturated carbocycles. The van der Waals surface area contributed by atoms with Crippen LogP contribution in [0.25, 0.3) is 0 Å². The number of aryl methyl sites for hydroxylation is 1. The molecule has 4 nitrogen and oxygen atoms in total. The van der Waals surface area contributed by atoms with Gasteiger partial charge < -0.3 is 15.8 Å². The molecule has 0 aliphatic heterocycles. The molecule has 2 rings (SSSR count). The summed E-state index contributed by atoms with van der Waals surface area (Å²) in [6.07, 6.45) is -4.69. The quantitative estimate of drug-likeness (QED) is 0.397. The molecule has 0 spiro atoms. The number of ether oxygens (including phenoxy) is 1. The van der Waals surface area contributed by atoms with E-state index in [9.17, 15) is 13.2 Å². The van der Waals surface area contributed by atoms with E-state index in [0.29, 0.717) is 6.54 Å². The number of nitrogens with zero attached hydrogens (tertiary/aromatic N) is 1. The lowest BCUT2D eigenvalue weighted by Gasteiger charge is -2.09. The van der Waals surface area contributed by atoms with Crippen LogP contribution in [-0.2, 0) is 13.1 Å². The SMILES string of the molecule is Cc1ccccc1CNC(N)=NCc1ccc(OC(F)(F)F)cc1.I. The van der Waals surface area contributed by atoms with Crippen LogP contribution in [0.4, 0.5) is 13.2 Å². The van der Waals surface area contributed by atoms with Crippen LogP contribution in [-0.4, -0.2) is 12.3 Å². The topological polar surface area (TPSA) is 59.6 Å². The molecule has 0 aromatic heterocycles. The van der Waals surface area contributed by atoms with Gasteiger partial charge >= 0.3 is 6.36 Å². The van der Waals surface area contributed by atoms with Crippen LogP contribution in [0, 0.1) is 6.92 Å². The molecule has 0 aliphatic carbocycles. The highest BCUT2D eigenvalue weighted by molar-refractivity contribution is 14.0. The van der Waals surface area contributed by atoms with Crippen molar-refractivity contribution in [2.24, 2.45) is 10.7 Å². The van der Waals surface area contributed by atoms with Crippen molar-refractivity contribution in [2.75, 3.05) is 0 Å². The zero-order chi connectivity index (χ0) is 17.6. The maximum atomic E-state index is 12.1. The molecule has 0 fully saturated rings. The number of nitrogens with one attached hydrogen (secondary N) is 1. The highest BCUT2D eigenvalue weighted by atomic mass is 127. The standard InChI is InChI=1S/C17H18F3N3O.HI/c1-12-4-2-3-5-14(12)11-23-16(21)22-10-13-6-8-15(9-7-13)24-17(18,19)20;/h2-9H,10-11H2,1H3,(H3,21,22,23);1H. The van der Waals surface area contributed by atoms with Gasteiger partial charge in [0.15, 0.2) is 5.96 Å². The number of aliphatic imine (C=N–C) groups is 1. The summed E-state index contributed by atoms with van der Waals surface area (Å²) < 4.78 is 40.0. The van der Waals surface area contributed by atoms with Gasteiger partial charge in [0.05, 0.1) is 6.54 Å². The van der Waals surface area contributed by atoms with E-state index in [-0.39, 0.29) is 42.2 Å². The number of halogens is 4. The summed E-state index contributed by atoms with van der Waals surface area (Å²) in [6, 6.07) is 13.4. The summed E-state index contributed by atoms with van der Waals surface area (Å²) in [5, 5.41) is 3.01. The summed E-state index contributed by atoms with van der Waals surface area (Å²) >= 11 is 0. The van der Waals surface area contributed by atoms with Crippen LogP contribution < -0.4 is 15.8 Å². The molecule has 0 bridgehead atoms. The molecule has 0 saturated heterocycles. The van der Waals surface area contributed by atoms with Crippen molar-refractivity contribution in [1.82, 2.24) is 5.32 Å². The Labute approximate surface area is 161 Å². The van der Waals surface area contributed by atoms with Gasteiger partial charge in [-0.3, -0.25) is 0 Å². The van der Waals surface area contributed by atoms with Crippen LogP contribution >= 0.6 is 24.0 Å². The number of benzene rings is 2. The molecule has 25 heavy (non-hydrogen) atoms. The molecule has 0 aliphatic rings. The Kier molecular flexibility index (Phi) is 8.01. The Hall–Kier alpha value is -1.97. The van der Waals surface area contributed by atoms with Crippen LogP contribution in [0.15, 0.2) is 53.5 Å². The predicted molar refractivity (Wildman–Crippen MR) is 102 cm³/mol. The number of guanidine groups is 1. The van der Waals surface area contributed by atoms with E-state index >= 15 is 0 Å². The third-order valence-electron chi connectivity index (χ3n) is 3.31. The van der Waals surface area contributed by atoms with E-state index in [1.807, 2.05) is 31.2 Å². The largest absolute Gasteiger partial charge is 0.573 e. The Morgan fingerprint density at radius 3 is 2.36 bits per heavy atom. The van der Waals surface area contributed by atoms with Crippen molar-refractivity contribution in [1.29, 1.82) is 0 Å². The van der Waals surface area contributed by atoms with E-state index in [4.69, 9.17) is 5.73 Å². The number of rotatable bonds is 5. The number of hydrogen-bond donors (Lipinski definition) is 2. The number of alkyl halides is 3. The zero-order valence-electron chi connectivity index (χ0n) is 13.5. The first-order chi connectivity index (χ1) is 11.3.